The third-order valence-electron chi connectivity index (χ3n) is 3.39. The molecule has 0 aliphatic carbocycles. The zero-order valence-corrected chi connectivity index (χ0v) is 13.3. The van der Waals surface area contributed by atoms with Gasteiger partial charge >= 0.3 is 6.03 Å². The molecule has 1 N–H and O–H groups in total. The second-order valence-electron chi connectivity index (χ2n) is 5.26. The number of nitrogens with one attached hydrogen (secondary N) is 1. The highest BCUT2D eigenvalue weighted by Crippen LogP contribution is 2.11. The molecule has 0 fully saturated rings. The molecule has 116 valence electrons. The molecule has 0 atom stereocenters. The largest absolute Gasteiger partial charge is 0.325 e. The molecule has 1 rings (SSSR count). The fourth-order valence-electron chi connectivity index (χ4n) is 2.00. The highest BCUT2D eigenvalue weighted by molar-refractivity contribution is 5.95. The summed E-state index contributed by atoms with van der Waals surface area (Å²) in [7, 11) is 0. The maximum Gasteiger partial charge on any atom is 0.321 e. The predicted molar refractivity (Wildman–Crippen MR) is 86.9 cm³/mol. The summed E-state index contributed by atoms with van der Waals surface area (Å²) < 4.78 is 0. The number of anilines is 1. The molecular formula is C17H26N2O2. The van der Waals surface area contributed by atoms with Crippen LogP contribution in [0.4, 0.5) is 10.5 Å². The topological polar surface area (TPSA) is 49.4 Å². The molecule has 4 nitrogen and oxygen atoms in total. The summed E-state index contributed by atoms with van der Waals surface area (Å²) >= 11 is 0. The Morgan fingerprint density at radius 3 is 1.95 bits per heavy atom. The third kappa shape index (κ3) is 5.98. The van der Waals surface area contributed by atoms with Crippen molar-refractivity contribution in [3.8, 4) is 0 Å². The lowest BCUT2D eigenvalue weighted by Crippen LogP contribution is -2.36. The minimum atomic E-state index is -0.0625. The minimum absolute atomic E-state index is 0.0281. The molecule has 0 bridgehead atoms. The number of hydrogen-bond acceptors (Lipinski definition) is 2. The fourth-order valence-corrected chi connectivity index (χ4v) is 2.00. The van der Waals surface area contributed by atoms with Crippen LogP contribution in [0.2, 0.25) is 0 Å². The summed E-state index contributed by atoms with van der Waals surface area (Å²) in [6.45, 7) is 7.35. The number of Topliss-reactive ketones (excluding diaryl/α,β-unsaturated/α-hetero) is 1. The van der Waals surface area contributed by atoms with Gasteiger partial charge in [-0.1, -0.05) is 26.7 Å². The van der Waals surface area contributed by atoms with Crippen LogP contribution in [-0.4, -0.2) is 29.8 Å². The number of benzene rings is 1. The number of nitrogens with zero attached hydrogens (tertiary/aromatic N) is 1. The molecule has 0 heterocycles. The lowest BCUT2D eigenvalue weighted by Gasteiger charge is -2.22. The first-order chi connectivity index (χ1) is 10.1. The number of hydrogen-bond donors (Lipinski definition) is 1. The molecule has 0 aliphatic rings. The number of carbonyl (C=O) groups excluding carboxylic acids is 2. The second-order valence-corrected chi connectivity index (χ2v) is 5.26. The van der Waals surface area contributed by atoms with E-state index in [9.17, 15) is 9.59 Å². The van der Waals surface area contributed by atoms with Crippen molar-refractivity contribution in [1.29, 1.82) is 0 Å². The Morgan fingerprint density at radius 1 is 1.00 bits per heavy atom. The van der Waals surface area contributed by atoms with Crippen molar-refractivity contribution in [2.45, 2.75) is 46.5 Å². The van der Waals surface area contributed by atoms with E-state index in [0.717, 1.165) is 44.5 Å². The number of amides is 2. The zero-order chi connectivity index (χ0) is 15.7. The van der Waals surface area contributed by atoms with Gasteiger partial charge in [-0.15, -0.1) is 0 Å². The van der Waals surface area contributed by atoms with Gasteiger partial charge in [0.2, 0.25) is 0 Å². The Balaban J connectivity index is 2.64. The van der Waals surface area contributed by atoms with Crippen molar-refractivity contribution in [1.82, 2.24) is 4.90 Å². The van der Waals surface area contributed by atoms with Gasteiger partial charge in [-0.05, 0) is 44.0 Å². The maximum absolute atomic E-state index is 12.3. The first-order valence-corrected chi connectivity index (χ1v) is 7.75. The van der Waals surface area contributed by atoms with Gasteiger partial charge in [0.05, 0.1) is 0 Å². The molecule has 0 aliphatic heterocycles. The van der Waals surface area contributed by atoms with Crippen LogP contribution < -0.4 is 5.32 Å². The smallest absolute Gasteiger partial charge is 0.321 e. The Labute approximate surface area is 127 Å². The summed E-state index contributed by atoms with van der Waals surface area (Å²) in [5.74, 6) is 0.0281. The van der Waals surface area contributed by atoms with E-state index in [1.807, 2.05) is 4.90 Å². The first-order valence-electron chi connectivity index (χ1n) is 7.75. The first kappa shape index (κ1) is 17.2. The minimum Gasteiger partial charge on any atom is -0.325 e. The van der Waals surface area contributed by atoms with Crippen molar-refractivity contribution in [3.05, 3.63) is 29.8 Å². The maximum atomic E-state index is 12.3. The Bertz CT molecular complexity index is 446. The van der Waals surface area contributed by atoms with Crippen molar-refractivity contribution in [2.24, 2.45) is 0 Å². The van der Waals surface area contributed by atoms with Crippen LogP contribution >= 0.6 is 0 Å². The van der Waals surface area contributed by atoms with Gasteiger partial charge < -0.3 is 10.2 Å². The van der Waals surface area contributed by atoms with Gasteiger partial charge in [0.25, 0.3) is 0 Å². The molecule has 0 unspecified atom stereocenters. The van der Waals surface area contributed by atoms with E-state index in [0.29, 0.717) is 5.56 Å². The van der Waals surface area contributed by atoms with Crippen molar-refractivity contribution < 1.29 is 9.59 Å². The van der Waals surface area contributed by atoms with E-state index < -0.39 is 0 Å². The van der Waals surface area contributed by atoms with Crippen molar-refractivity contribution in [2.75, 3.05) is 18.4 Å². The van der Waals surface area contributed by atoms with Crippen molar-refractivity contribution >= 4 is 17.5 Å². The lowest BCUT2D eigenvalue weighted by molar-refractivity contribution is 0.101. The molecule has 0 radical (unpaired) electrons. The molecule has 0 saturated heterocycles. The molecular weight excluding hydrogens is 264 g/mol. The Kier molecular flexibility index (Phi) is 7.51. The monoisotopic (exact) mass is 290 g/mol. The molecule has 4 heteroatoms. The van der Waals surface area contributed by atoms with E-state index in [-0.39, 0.29) is 11.8 Å². The predicted octanol–water partition coefficient (Wildman–Crippen LogP) is 4.32. The highest BCUT2D eigenvalue weighted by atomic mass is 16.2. The SMILES string of the molecule is CCCCN(CCCC)C(=O)Nc1ccc(C(C)=O)cc1. The summed E-state index contributed by atoms with van der Waals surface area (Å²) in [4.78, 5) is 25.4. The number of unbranched alkanes of at least 4 members (excludes halogenated alkanes) is 2. The van der Waals surface area contributed by atoms with Crippen molar-refractivity contribution in [3.63, 3.8) is 0 Å². The molecule has 0 saturated carbocycles. The Hall–Kier alpha value is -1.84. The van der Waals surface area contributed by atoms with Crippen LogP contribution in [-0.2, 0) is 0 Å². The number of rotatable bonds is 8. The lowest BCUT2D eigenvalue weighted by atomic mass is 10.1. The number of ketones is 1. The number of urea groups is 1. The van der Waals surface area contributed by atoms with E-state index in [4.69, 9.17) is 0 Å². The second kappa shape index (κ2) is 9.16. The fraction of sp³-hybridized carbons (Fsp3) is 0.529. The normalized spacial score (nSPS) is 10.2. The van der Waals surface area contributed by atoms with Gasteiger partial charge in [-0.2, -0.15) is 0 Å². The van der Waals surface area contributed by atoms with Crippen LogP contribution in [0.15, 0.2) is 24.3 Å². The number of carbonyl (C=O) groups is 2. The van der Waals surface area contributed by atoms with Gasteiger partial charge in [-0.3, -0.25) is 4.79 Å². The van der Waals surface area contributed by atoms with E-state index in [2.05, 4.69) is 19.2 Å². The van der Waals surface area contributed by atoms with E-state index in [1.54, 1.807) is 24.3 Å². The van der Waals surface area contributed by atoms with E-state index in [1.165, 1.54) is 6.92 Å². The molecule has 1 aromatic rings. The Morgan fingerprint density at radius 2 is 1.52 bits per heavy atom. The molecule has 21 heavy (non-hydrogen) atoms. The summed E-state index contributed by atoms with van der Waals surface area (Å²) in [6, 6.07) is 6.95. The van der Waals surface area contributed by atoms with Crippen LogP contribution in [0.1, 0.15) is 56.8 Å². The van der Waals surface area contributed by atoms with Gasteiger partial charge in [0.1, 0.15) is 0 Å². The average molecular weight is 290 g/mol. The van der Waals surface area contributed by atoms with Gasteiger partial charge in [-0.25, -0.2) is 4.79 Å². The summed E-state index contributed by atoms with van der Waals surface area (Å²) in [5.41, 5.74) is 1.38. The average Bonchev–Trinajstić information content (AvgIpc) is 2.47. The van der Waals surface area contributed by atoms with Crippen LogP contribution in [0.25, 0.3) is 0 Å². The molecule has 2 amide bonds. The quantitative estimate of drug-likeness (QED) is 0.725. The third-order valence-corrected chi connectivity index (χ3v) is 3.39. The summed E-state index contributed by atoms with van der Waals surface area (Å²) in [5, 5.41) is 2.90. The van der Waals surface area contributed by atoms with Gasteiger partial charge in [0.15, 0.2) is 5.78 Å². The highest BCUT2D eigenvalue weighted by Gasteiger charge is 2.12. The van der Waals surface area contributed by atoms with Gasteiger partial charge in [0, 0.05) is 24.3 Å². The van der Waals surface area contributed by atoms with Crippen LogP contribution in [0, 0.1) is 0 Å². The van der Waals surface area contributed by atoms with Crippen LogP contribution in [0.3, 0.4) is 0 Å². The molecule has 1 aromatic carbocycles. The molecule has 0 spiro atoms. The summed E-state index contributed by atoms with van der Waals surface area (Å²) in [6.07, 6.45) is 4.17. The van der Waals surface area contributed by atoms with Crippen LogP contribution in [0.5, 0.6) is 0 Å². The standard InChI is InChI=1S/C17H26N2O2/c1-4-6-12-19(13-7-5-2)17(21)18-16-10-8-15(9-11-16)14(3)20/h8-11H,4-7,12-13H2,1-3H3,(H,18,21). The van der Waals surface area contributed by atoms with E-state index >= 15 is 0 Å². The zero-order valence-electron chi connectivity index (χ0n) is 13.3. The molecule has 0 aromatic heterocycles.